The molecule has 94 valence electrons. The molecule has 4 heteroatoms. The van der Waals surface area contributed by atoms with Crippen LogP contribution in [-0.2, 0) is 9.53 Å². The lowest BCUT2D eigenvalue weighted by Crippen LogP contribution is -2.33. The molecule has 1 heterocycles. The second kappa shape index (κ2) is 8.07. The van der Waals surface area contributed by atoms with Crippen molar-refractivity contribution in [2.45, 2.75) is 57.6 Å². The normalized spacial score (nSPS) is 22.8. The molecule has 1 saturated heterocycles. The van der Waals surface area contributed by atoms with E-state index in [4.69, 9.17) is 4.74 Å². The molecule has 16 heavy (non-hydrogen) atoms. The zero-order valence-corrected chi connectivity index (χ0v) is 11.6. The lowest BCUT2D eigenvalue weighted by Gasteiger charge is -2.22. The quantitative estimate of drug-likeness (QED) is 0.764. The van der Waals surface area contributed by atoms with Crippen LogP contribution in [0.3, 0.4) is 0 Å². The molecule has 1 aliphatic heterocycles. The summed E-state index contributed by atoms with van der Waals surface area (Å²) in [5, 5.41) is 3.93. The van der Waals surface area contributed by atoms with E-state index in [9.17, 15) is 4.79 Å². The maximum absolute atomic E-state index is 11.6. The van der Waals surface area contributed by atoms with Crippen molar-refractivity contribution < 1.29 is 9.53 Å². The molecule has 1 amide bonds. The van der Waals surface area contributed by atoms with Crippen LogP contribution in [0.4, 0.5) is 0 Å². The molecule has 0 radical (unpaired) electrons. The van der Waals surface area contributed by atoms with Crippen molar-refractivity contribution in [3.8, 4) is 0 Å². The summed E-state index contributed by atoms with van der Waals surface area (Å²) in [6, 6.07) is 0.263. The SMILES string of the molecule is CC(CCBr)NC(=O)CCC1CCCCO1. The van der Waals surface area contributed by atoms with Crippen molar-refractivity contribution in [1.82, 2.24) is 5.32 Å². The van der Waals surface area contributed by atoms with Gasteiger partial charge >= 0.3 is 0 Å². The van der Waals surface area contributed by atoms with Gasteiger partial charge in [-0.2, -0.15) is 0 Å². The Balaban J connectivity index is 2.09. The molecule has 0 aromatic rings. The first kappa shape index (κ1) is 14.0. The van der Waals surface area contributed by atoms with Crippen molar-refractivity contribution in [3.63, 3.8) is 0 Å². The number of halogens is 1. The first-order chi connectivity index (χ1) is 7.72. The molecule has 0 aliphatic carbocycles. The molecule has 0 aromatic carbocycles. The van der Waals surface area contributed by atoms with Crippen LogP contribution >= 0.6 is 15.9 Å². The van der Waals surface area contributed by atoms with Crippen LogP contribution in [0.25, 0.3) is 0 Å². The van der Waals surface area contributed by atoms with Crippen LogP contribution in [0.1, 0.15) is 45.4 Å². The van der Waals surface area contributed by atoms with E-state index >= 15 is 0 Å². The fourth-order valence-electron chi connectivity index (χ4n) is 1.91. The standard InChI is InChI=1S/C12H22BrNO2/c1-10(7-8-13)14-12(15)6-5-11-4-2-3-9-16-11/h10-11H,2-9H2,1H3,(H,14,15). The number of rotatable bonds is 6. The van der Waals surface area contributed by atoms with Gasteiger partial charge in [-0.25, -0.2) is 0 Å². The summed E-state index contributed by atoms with van der Waals surface area (Å²) in [5.41, 5.74) is 0. The van der Waals surface area contributed by atoms with Crippen molar-refractivity contribution >= 4 is 21.8 Å². The number of hydrogen-bond donors (Lipinski definition) is 1. The maximum atomic E-state index is 11.6. The summed E-state index contributed by atoms with van der Waals surface area (Å²) in [7, 11) is 0. The largest absolute Gasteiger partial charge is 0.378 e. The third-order valence-corrected chi connectivity index (χ3v) is 3.37. The molecule has 1 aliphatic rings. The Labute approximate surface area is 106 Å². The lowest BCUT2D eigenvalue weighted by molar-refractivity contribution is -0.122. The highest BCUT2D eigenvalue weighted by atomic mass is 79.9. The van der Waals surface area contributed by atoms with E-state index in [1.807, 2.05) is 6.92 Å². The number of carbonyl (C=O) groups excluding carboxylic acids is 1. The minimum atomic E-state index is 0.155. The Morgan fingerprint density at radius 3 is 3.00 bits per heavy atom. The minimum Gasteiger partial charge on any atom is -0.378 e. The molecule has 3 nitrogen and oxygen atoms in total. The molecule has 2 atom stereocenters. The second-order valence-corrected chi connectivity index (χ2v) is 5.27. The fraction of sp³-hybridized carbons (Fsp3) is 0.917. The minimum absolute atomic E-state index is 0.155. The first-order valence-electron chi connectivity index (χ1n) is 6.19. The number of amides is 1. The van der Waals surface area contributed by atoms with Crippen molar-refractivity contribution in [2.24, 2.45) is 0 Å². The van der Waals surface area contributed by atoms with E-state index in [1.54, 1.807) is 0 Å². The Kier molecular flexibility index (Phi) is 7.05. The van der Waals surface area contributed by atoms with Crippen LogP contribution in [0.15, 0.2) is 0 Å². The Morgan fingerprint density at radius 1 is 1.56 bits per heavy atom. The molecule has 0 saturated carbocycles. The van der Waals surface area contributed by atoms with Crippen LogP contribution < -0.4 is 5.32 Å². The third kappa shape index (κ3) is 5.85. The van der Waals surface area contributed by atoms with E-state index in [-0.39, 0.29) is 11.9 Å². The molecule has 1 N–H and O–H groups in total. The molecule has 2 unspecified atom stereocenters. The average molecular weight is 292 g/mol. The summed E-state index contributed by atoms with van der Waals surface area (Å²) < 4.78 is 5.59. The highest BCUT2D eigenvalue weighted by Gasteiger charge is 2.15. The highest BCUT2D eigenvalue weighted by Crippen LogP contribution is 2.16. The molecule has 0 spiro atoms. The average Bonchev–Trinajstić information content (AvgIpc) is 2.28. The first-order valence-corrected chi connectivity index (χ1v) is 7.31. The molecule has 0 bridgehead atoms. The molecular weight excluding hydrogens is 270 g/mol. The monoisotopic (exact) mass is 291 g/mol. The predicted octanol–water partition coefficient (Wildman–Crippen LogP) is 2.63. The van der Waals surface area contributed by atoms with Gasteiger partial charge in [0, 0.05) is 24.4 Å². The van der Waals surface area contributed by atoms with Gasteiger partial charge in [0.25, 0.3) is 0 Å². The number of nitrogens with one attached hydrogen (secondary N) is 1. The van der Waals surface area contributed by atoms with Crippen LogP contribution in [-0.4, -0.2) is 30.0 Å². The van der Waals surface area contributed by atoms with Gasteiger partial charge in [-0.05, 0) is 39.0 Å². The van der Waals surface area contributed by atoms with E-state index in [0.717, 1.165) is 31.2 Å². The van der Waals surface area contributed by atoms with Crippen LogP contribution in [0.2, 0.25) is 0 Å². The van der Waals surface area contributed by atoms with Gasteiger partial charge in [0.05, 0.1) is 6.10 Å². The van der Waals surface area contributed by atoms with Crippen LogP contribution in [0.5, 0.6) is 0 Å². The third-order valence-electron chi connectivity index (χ3n) is 2.92. The Morgan fingerprint density at radius 2 is 2.38 bits per heavy atom. The summed E-state index contributed by atoms with van der Waals surface area (Å²) >= 11 is 3.37. The Hall–Kier alpha value is -0.0900. The predicted molar refractivity (Wildman–Crippen MR) is 68.8 cm³/mol. The maximum Gasteiger partial charge on any atom is 0.220 e. The van der Waals surface area contributed by atoms with Gasteiger partial charge < -0.3 is 10.1 Å². The van der Waals surface area contributed by atoms with E-state index in [1.165, 1.54) is 12.8 Å². The molecular formula is C12H22BrNO2. The summed E-state index contributed by atoms with van der Waals surface area (Å²) in [5.74, 6) is 0.155. The summed E-state index contributed by atoms with van der Waals surface area (Å²) in [6.07, 6.45) is 6.28. The number of alkyl halides is 1. The number of carbonyl (C=O) groups is 1. The van der Waals surface area contributed by atoms with Gasteiger partial charge in [0.2, 0.25) is 5.91 Å². The van der Waals surface area contributed by atoms with E-state index in [2.05, 4.69) is 21.2 Å². The van der Waals surface area contributed by atoms with E-state index < -0.39 is 0 Å². The molecule has 1 fully saturated rings. The summed E-state index contributed by atoms with van der Waals surface area (Å²) in [6.45, 7) is 2.91. The molecule has 0 aromatic heterocycles. The second-order valence-electron chi connectivity index (χ2n) is 4.47. The zero-order valence-electron chi connectivity index (χ0n) is 10.0. The van der Waals surface area contributed by atoms with E-state index in [0.29, 0.717) is 12.5 Å². The topological polar surface area (TPSA) is 38.3 Å². The number of ether oxygens (including phenoxy) is 1. The van der Waals surface area contributed by atoms with Gasteiger partial charge in [-0.3, -0.25) is 4.79 Å². The highest BCUT2D eigenvalue weighted by molar-refractivity contribution is 9.09. The van der Waals surface area contributed by atoms with Crippen molar-refractivity contribution in [2.75, 3.05) is 11.9 Å². The van der Waals surface area contributed by atoms with Crippen LogP contribution in [0, 0.1) is 0 Å². The zero-order chi connectivity index (χ0) is 11.8. The smallest absolute Gasteiger partial charge is 0.220 e. The van der Waals surface area contributed by atoms with Gasteiger partial charge in [0.1, 0.15) is 0 Å². The summed E-state index contributed by atoms with van der Waals surface area (Å²) in [4.78, 5) is 11.6. The van der Waals surface area contributed by atoms with Crippen molar-refractivity contribution in [1.29, 1.82) is 0 Å². The number of hydrogen-bond acceptors (Lipinski definition) is 2. The van der Waals surface area contributed by atoms with Gasteiger partial charge in [0.15, 0.2) is 0 Å². The Bertz CT molecular complexity index is 205. The fourth-order valence-corrected chi connectivity index (χ4v) is 2.60. The lowest BCUT2D eigenvalue weighted by atomic mass is 10.0. The van der Waals surface area contributed by atoms with Crippen molar-refractivity contribution in [3.05, 3.63) is 0 Å². The van der Waals surface area contributed by atoms with Gasteiger partial charge in [-0.15, -0.1) is 0 Å². The van der Waals surface area contributed by atoms with Gasteiger partial charge in [-0.1, -0.05) is 15.9 Å². The molecule has 1 rings (SSSR count).